The number of hydrogen-bond donors (Lipinski definition) is 1. The zero-order valence-electron chi connectivity index (χ0n) is 8.42. The van der Waals surface area contributed by atoms with Crippen LogP contribution in [0.15, 0.2) is 30.3 Å². The second-order valence-electron chi connectivity index (χ2n) is 3.21. The van der Waals surface area contributed by atoms with Gasteiger partial charge in [0.15, 0.2) is 0 Å². The molecule has 0 aliphatic heterocycles. The lowest BCUT2D eigenvalue weighted by Gasteiger charge is -2.10. The summed E-state index contributed by atoms with van der Waals surface area (Å²) < 4.78 is 0. The van der Waals surface area contributed by atoms with Gasteiger partial charge in [-0.2, -0.15) is 0 Å². The van der Waals surface area contributed by atoms with Gasteiger partial charge in [0.25, 0.3) is 0 Å². The van der Waals surface area contributed by atoms with Crippen LogP contribution in [0.2, 0.25) is 0 Å². The number of nitrogens with zero attached hydrogens (tertiary/aromatic N) is 3. The Morgan fingerprint density at radius 2 is 2.40 bits per heavy atom. The van der Waals surface area contributed by atoms with Crippen molar-refractivity contribution in [2.45, 2.75) is 19.5 Å². The SMILES string of the molecule is CC(NCc1ccncn1)c1cncs1. The molecule has 0 fully saturated rings. The molecule has 2 aromatic heterocycles. The predicted octanol–water partition coefficient (Wildman–Crippen LogP) is 1.78. The first-order valence-electron chi connectivity index (χ1n) is 4.73. The van der Waals surface area contributed by atoms with E-state index in [1.165, 1.54) is 4.88 Å². The normalized spacial score (nSPS) is 12.6. The minimum absolute atomic E-state index is 0.312. The third-order valence-electron chi connectivity index (χ3n) is 2.11. The molecule has 0 aliphatic carbocycles. The summed E-state index contributed by atoms with van der Waals surface area (Å²) in [4.78, 5) is 13.3. The van der Waals surface area contributed by atoms with Crippen LogP contribution in [0, 0.1) is 0 Å². The minimum Gasteiger partial charge on any atom is -0.304 e. The summed E-state index contributed by atoms with van der Waals surface area (Å²) in [7, 11) is 0. The first-order valence-corrected chi connectivity index (χ1v) is 5.61. The Labute approximate surface area is 92.4 Å². The topological polar surface area (TPSA) is 50.7 Å². The van der Waals surface area contributed by atoms with Crippen molar-refractivity contribution < 1.29 is 0 Å². The van der Waals surface area contributed by atoms with Gasteiger partial charge in [-0.15, -0.1) is 11.3 Å². The molecule has 0 amide bonds. The number of hydrogen-bond acceptors (Lipinski definition) is 5. The van der Waals surface area contributed by atoms with Gasteiger partial charge in [0.1, 0.15) is 6.33 Å². The summed E-state index contributed by atoms with van der Waals surface area (Å²) >= 11 is 1.66. The Morgan fingerprint density at radius 3 is 3.07 bits per heavy atom. The first kappa shape index (κ1) is 10.2. The molecule has 0 spiro atoms. The number of rotatable bonds is 4. The van der Waals surface area contributed by atoms with Gasteiger partial charge in [0.2, 0.25) is 0 Å². The van der Waals surface area contributed by atoms with Crippen LogP contribution >= 0.6 is 11.3 Å². The van der Waals surface area contributed by atoms with Crippen molar-refractivity contribution in [1.82, 2.24) is 20.3 Å². The number of thiazole rings is 1. The molecule has 2 aromatic rings. The van der Waals surface area contributed by atoms with Gasteiger partial charge >= 0.3 is 0 Å². The summed E-state index contributed by atoms with van der Waals surface area (Å²) in [5.41, 5.74) is 2.85. The fourth-order valence-electron chi connectivity index (χ4n) is 1.22. The molecule has 1 N–H and O–H groups in total. The summed E-state index contributed by atoms with van der Waals surface area (Å²) in [6, 6.07) is 2.22. The highest BCUT2D eigenvalue weighted by Crippen LogP contribution is 2.16. The Bertz CT molecular complexity index is 387. The smallest absolute Gasteiger partial charge is 0.115 e. The zero-order chi connectivity index (χ0) is 10.5. The molecular weight excluding hydrogens is 208 g/mol. The van der Waals surface area contributed by atoms with Gasteiger partial charge in [-0.3, -0.25) is 4.98 Å². The first-order chi connectivity index (χ1) is 7.36. The predicted molar refractivity (Wildman–Crippen MR) is 59.4 cm³/mol. The lowest BCUT2D eigenvalue weighted by molar-refractivity contribution is 0.574. The molecule has 15 heavy (non-hydrogen) atoms. The van der Waals surface area contributed by atoms with Gasteiger partial charge in [-0.05, 0) is 13.0 Å². The van der Waals surface area contributed by atoms with Crippen LogP contribution in [0.25, 0.3) is 0 Å². The summed E-state index contributed by atoms with van der Waals surface area (Å²) in [6.07, 6.45) is 5.21. The van der Waals surface area contributed by atoms with E-state index in [1.54, 1.807) is 23.9 Å². The van der Waals surface area contributed by atoms with Gasteiger partial charge in [0.05, 0.1) is 11.2 Å². The Kier molecular flexibility index (Phi) is 3.37. The standard InChI is InChI=1S/C10H12N4S/c1-8(10-5-12-7-15-10)13-4-9-2-3-11-6-14-9/h2-3,5-8,13H,4H2,1H3. The van der Waals surface area contributed by atoms with Crippen molar-refractivity contribution in [2.24, 2.45) is 0 Å². The van der Waals surface area contributed by atoms with Gasteiger partial charge in [-0.1, -0.05) is 0 Å². The van der Waals surface area contributed by atoms with Crippen LogP contribution in [0.5, 0.6) is 0 Å². The van der Waals surface area contributed by atoms with Gasteiger partial charge in [0, 0.05) is 29.9 Å². The third-order valence-corrected chi connectivity index (χ3v) is 3.07. The average molecular weight is 220 g/mol. The molecule has 4 nitrogen and oxygen atoms in total. The second kappa shape index (κ2) is 4.95. The zero-order valence-corrected chi connectivity index (χ0v) is 9.24. The Hall–Kier alpha value is -1.33. The van der Waals surface area contributed by atoms with Crippen molar-refractivity contribution in [3.8, 4) is 0 Å². The second-order valence-corrected chi connectivity index (χ2v) is 4.13. The molecule has 78 valence electrons. The average Bonchev–Trinajstić information content (AvgIpc) is 2.81. The van der Waals surface area contributed by atoms with Crippen molar-refractivity contribution in [3.63, 3.8) is 0 Å². The maximum absolute atomic E-state index is 4.15. The quantitative estimate of drug-likeness (QED) is 0.853. The van der Waals surface area contributed by atoms with E-state index < -0.39 is 0 Å². The molecule has 1 atom stereocenters. The minimum atomic E-state index is 0.312. The van der Waals surface area contributed by atoms with Crippen molar-refractivity contribution >= 4 is 11.3 Å². The van der Waals surface area contributed by atoms with E-state index in [1.807, 2.05) is 17.8 Å². The van der Waals surface area contributed by atoms with E-state index in [0.717, 1.165) is 12.2 Å². The lowest BCUT2D eigenvalue weighted by Crippen LogP contribution is -2.17. The van der Waals surface area contributed by atoms with E-state index in [9.17, 15) is 0 Å². The van der Waals surface area contributed by atoms with Crippen LogP contribution in [-0.4, -0.2) is 15.0 Å². The fraction of sp³-hybridized carbons (Fsp3) is 0.300. The van der Waals surface area contributed by atoms with E-state index in [-0.39, 0.29) is 0 Å². The monoisotopic (exact) mass is 220 g/mol. The fourth-order valence-corrected chi connectivity index (χ4v) is 1.87. The highest BCUT2D eigenvalue weighted by atomic mass is 32.1. The summed E-state index contributed by atoms with van der Waals surface area (Å²) in [6.45, 7) is 2.87. The van der Waals surface area contributed by atoms with E-state index in [0.29, 0.717) is 6.04 Å². The van der Waals surface area contributed by atoms with Crippen LogP contribution in [0.1, 0.15) is 23.5 Å². The maximum atomic E-state index is 4.15. The lowest BCUT2D eigenvalue weighted by atomic mass is 10.3. The van der Waals surface area contributed by atoms with Crippen LogP contribution in [0.3, 0.4) is 0 Å². The van der Waals surface area contributed by atoms with Crippen molar-refractivity contribution in [3.05, 3.63) is 40.9 Å². The van der Waals surface area contributed by atoms with E-state index >= 15 is 0 Å². The molecule has 0 saturated heterocycles. The number of aromatic nitrogens is 3. The molecule has 2 rings (SSSR count). The summed E-state index contributed by atoms with van der Waals surface area (Å²) in [5.74, 6) is 0. The summed E-state index contributed by atoms with van der Waals surface area (Å²) in [5, 5.41) is 3.38. The van der Waals surface area contributed by atoms with E-state index in [2.05, 4.69) is 27.2 Å². The van der Waals surface area contributed by atoms with Crippen molar-refractivity contribution in [2.75, 3.05) is 0 Å². The van der Waals surface area contributed by atoms with Crippen LogP contribution in [-0.2, 0) is 6.54 Å². The molecule has 0 saturated carbocycles. The largest absolute Gasteiger partial charge is 0.304 e. The molecule has 1 unspecified atom stereocenters. The van der Waals surface area contributed by atoms with Crippen molar-refractivity contribution in [1.29, 1.82) is 0 Å². The number of nitrogens with one attached hydrogen (secondary N) is 1. The molecule has 0 bridgehead atoms. The molecular formula is C10H12N4S. The van der Waals surface area contributed by atoms with Gasteiger partial charge in [-0.25, -0.2) is 9.97 Å². The molecule has 0 aliphatic rings. The van der Waals surface area contributed by atoms with Gasteiger partial charge < -0.3 is 5.32 Å². The molecule has 0 aromatic carbocycles. The highest BCUT2D eigenvalue weighted by Gasteiger charge is 2.05. The van der Waals surface area contributed by atoms with Crippen LogP contribution < -0.4 is 5.32 Å². The molecule has 0 radical (unpaired) electrons. The van der Waals surface area contributed by atoms with E-state index in [4.69, 9.17) is 0 Å². The highest BCUT2D eigenvalue weighted by molar-refractivity contribution is 7.09. The van der Waals surface area contributed by atoms with Crippen LogP contribution in [0.4, 0.5) is 0 Å². The maximum Gasteiger partial charge on any atom is 0.115 e. The Morgan fingerprint density at radius 1 is 1.47 bits per heavy atom. The molecule has 5 heteroatoms. The Balaban J connectivity index is 1.89. The molecule has 2 heterocycles. The third kappa shape index (κ3) is 2.81.